The van der Waals surface area contributed by atoms with Gasteiger partial charge in [-0.2, -0.15) is 4.99 Å². The smallest absolute Gasteiger partial charge is 0.279 e. The molecule has 0 bridgehead atoms. The van der Waals surface area contributed by atoms with Crippen LogP contribution in [-0.4, -0.2) is 58.9 Å². The molecule has 2 amide bonds. The number of aryl methyl sites for hydroxylation is 2. The van der Waals surface area contributed by atoms with E-state index in [9.17, 15) is 9.59 Å². The van der Waals surface area contributed by atoms with Crippen LogP contribution in [0.3, 0.4) is 0 Å². The van der Waals surface area contributed by atoms with Gasteiger partial charge in [-0.15, -0.1) is 11.3 Å². The van der Waals surface area contributed by atoms with E-state index in [-0.39, 0.29) is 11.8 Å². The fourth-order valence-corrected chi connectivity index (χ4v) is 5.07. The van der Waals surface area contributed by atoms with Crippen molar-refractivity contribution < 1.29 is 9.59 Å². The molecular formula is C27H32N4O2S. The lowest BCUT2D eigenvalue weighted by Crippen LogP contribution is -2.48. The second-order valence-corrected chi connectivity index (χ2v) is 10.0. The van der Waals surface area contributed by atoms with E-state index in [2.05, 4.69) is 28.3 Å². The van der Waals surface area contributed by atoms with Gasteiger partial charge in [0.25, 0.3) is 11.8 Å². The van der Waals surface area contributed by atoms with Crippen molar-refractivity contribution in [3.63, 3.8) is 0 Å². The molecule has 1 saturated heterocycles. The van der Waals surface area contributed by atoms with E-state index in [0.717, 1.165) is 60.0 Å². The zero-order valence-corrected chi connectivity index (χ0v) is 21.2. The summed E-state index contributed by atoms with van der Waals surface area (Å²) in [5, 5.41) is 0. The number of nitrogens with zero attached hydrogens (tertiary/aromatic N) is 4. The molecule has 34 heavy (non-hydrogen) atoms. The average Bonchev–Trinajstić information content (AvgIpc) is 3.11. The highest BCUT2D eigenvalue weighted by Crippen LogP contribution is 2.15. The van der Waals surface area contributed by atoms with Gasteiger partial charge in [0, 0.05) is 47.9 Å². The predicted octanol–water partition coefficient (Wildman–Crippen LogP) is 4.04. The molecule has 1 aromatic heterocycles. The van der Waals surface area contributed by atoms with Crippen molar-refractivity contribution in [1.29, 1.82) is 0 Å². The third kappa shape index (κ3) is 5.37. The number of carbonyl (C=O) groups excluding carboxylic acids is 2. The molecule has 3 aromatic rings. The van der Waals surface area contributed by atoms with Crippen molar-refractivity contribution in [2.75, 3.05) is 32.7 Å². The Bertz CT molecular complexity index is 1230. The van der Waals surface area contributed by atoms with E-state index in [4.69, 9.17) is 0 Å². The molecular weight excluding hydrogens is 444 g/mol. The van der Waals surface area contributed by atoms with E-state index in [1.807, 2.05) is 67.3 Å². The van der Waals surface area contributed by atoms with Gasteiger partial charge in [-0.3, -0.25) is 9.59 Å². The van der Waals surface area contributed by atoms with Gasteiger partial charge in [0.2, 0.25) is 0 Å². The number of aromatic nitrogens is 1. The Hall–Kier alpha value is -3.03. The number of hydrogen-bond donors (Lipinski definition) is 0. The molecule has 0 spiro atoms. The summed E-state index contributed by atoms with van der Waals surface area (Å²) in [4.78, 5) is 36.2. The number of rotatable bonds is 5. The maximum atomic E-state index is 12.9. The monoisotopic (exact) mass is 476 g/mol. The normalized spacial score (nSPS) is 15.1. The summed E-state index contributed by atoms with van der Waals surface area (Å²) in [7, 11) is 0. The summed E-state index contributed by atoms with van der Waals surface area (Å²) < 4.78 is 2.08. The molecule has 178 valence electrons. The third-order valence-electron chi connectivity index (χ3n) is 6.53. The van der Waals surface area contributed by atoms with Gasteiger partial charge in [-0.1, -0.05) is 36.8 Å². The Morgan fingerprint density at radius 1 is 0.882 bits per heavy atom. The fraction of sp³-hybridized carbons (Fsp3) is 0.370. The third-order valence-corrected chi connectivity index (χ3v) is 7.63. The number of thiazole rings is 1. The molecule has 7 heteroatoms. The van der Waals surface area contributed by atoms with Gasteiger partial charge >= 0.3 is 0 Å². The fourth-order valence-electron chi connectivity index (χ4n) is 4.10. The van der Waals surface area contributed by atoms with Gasteiger partial charge in [0.1, 0.15) is 0 Å². The van der Waals surface area contributed by atoms with Crippen LogP contribution in [0.4, 0.5) is 0 Å². The zero-order valence-electron chi connectivity index (χ0n) is 20.4. The molecule has 0 radical (unpaired) electrons. The van der Waals surface area contributed by atoms with E-state index >= 15 is 0 Å². The molecule has 1 aliphatic heterocycles. The van der Waals surface area contributed by atoms with E-state index in [1.54, 1.807) is 0 Å². The van der Waals surface area contributed by atoms with Gasteiger partial charge in [0.05, 0.1) is 6.54 Å². The summed E-state index contributed by atoms with van der Waals surface area (Å²) in [6.45, 7) is 13.3. The molecule has 0 saturated carbocycles. The average molecular weight is 477 g/mol. The number of piperazine rings is 1. The number of hydrogen-bond acceptors (Lipinski definition) is 4. The van der Waals surface area contributed by atoms with Crippen molar-refractivity contribution in [1.82, 2.24) is 14.4 Å². The van der Waals surface area contributed by atoms with Crippen LogP contribution < -0.4 is 4.80 Å². The van der Waals surface area contributed by atoms with E-state index < -0.39 is 0 Å². The summed E-state index contributed by atoms with van der Waals surface area (Å²) in [6, 6.07) is 15.3. The highest BCUT2D eigenvalue weighted by Gasteiger charge is 2.21. The van der Waals surface area contributed by atoms with Crippen LogP contribution in [-0.2, 0) is 6.54 Å². The number of amides is 2. The quantitative estimate of drug-likeness (QED) is 0.558. The number of likely N-dealkylation sites (N-methyl/N-ethyl adjacent to an activating group) is 1. The Morgan fingerprint density at radius 2 is 1.50 bits per heavy atom. The molecule has 0 N–H and O–H groups in total. The second kappa shape index (κ2) is 10.5. The highest BCUT2D eigenvalue weighted by atomic mass is 32.1. The van der Waals surface area contributed by atoms with Gasteiger partial charge in [0.15, 0.2) is 4.80 Å². The lowest BCUT2D eigenvalue weighted by Gasteiger charge is -2.34. The van der Waals surface area contributed by atoms with E-state index in [0.29, 0.717) is 16.9 Å². The van der Waals surface area contributed by atoms with Crippen LogP contribution in [0.2, 0.25) is 0 Å². The maximum Gasteiger partial charge on any atom is 0.279 e. The molecule has 2 aromatic carbocycles. The summed E-state index contributed by atoms with van der Waals surface area (Å²) in [5.74, 6) is -0.143. The first-order valence-electron chi connectivity index (χ1n) is 11.8. The van der Waals surface area contributed by atoms with Crippen molar-refractivity contribution >= 4 is 23.2 Å². The van der Waals surface area contributed by atoms with Crippen molar-refractivity contribution in [3.05, 3.63) is 86.2 Å². The molecule has 1 fully saturated rings. The van der Waals surface area contributed by atoms with Crippen LogP contribution >= 0.6 is 11.3 Å². The van der Waals surface area contributed by atoms with Crippen molar-refractivity contribution in [3.8, 4) is 0 Å². The Kier molecular flexibility index (Phi) is 7.44. The standard InChI is InChI=1S/C27H32N4O2S/c1-5-29-14-16-30(17-15-29)26(33)24-12-8-22(9-13-24)18-31-20(3)21(4)34-27(31)28-25(32)23-10-6-19(2)7-11-23/h6-13H,5,14-18H2,1-4H3. The Balaban J connectivity index is 1.51. The minimum absolute atomic E-state index is 0.0944. The summed E-state index contributed by atoms with van der Waals surface area (Å²) >= 11 is 1.53. The van der Waals surface area contributed by atoms with Crippen LogP contribution in [0.1, 0.15) is 49.3 Å². The lowest BCUT2D eigenvalue weighted by molar-refractivity contribution is 0.0643. The van der Waals surface area contributed by atoms with Gasteiger partial charge in [-0.05, 0) is 57.1 Å². The van der Waals surface area contributed by atoms with Gasteiger partial charge in [-0.25, -0.2) is 0 Å². The van der Waals surface area contributed by atoms with Crippen LogP contribution in [0, 0.1) is 20.8 Å². The maximum absolute atomic E-state index is 12.9. The van der Waals surface area contributed by atoms with Crippen LogP contribution in [0.15, 0.2) is 53.5 Å². The second-order valence-electron chi connectivity index (χ2n) is 8.82. The van der Waals surface area contributed by atoms with Crippen LogP contribution in [0.25, 0.3) is 0 Å². The van der Waals surface area contributed by atoms with E-state index in [1.165, 1.54) is 11.3 Å². The largest absolute Gasteiger partial charge is 0.336 e. The minimum atomic E-state index is -0.237. The predicted molar refractivity (Wildman–Crippen MR) is 136 cm³/mol. The zero-order chi connectivity index (χ0) is 24.2. The first-order chi connectivity index (χ1) is 16.4. The van der Waals surface area contributed by atoms with Crippen LogP contribution in [0.5, 0.6) is 0 Å². The highest BCUT2D eigenvalue weighted by molar-refractivity contribution is 7.09. The lowest BCUT2D eigenvalue weighted by atomic mass is 10.1. The molecule has 2 heterocycles. The summed E-state index contributed by atoms with van der Waals surface area (Å²) in [6.07, 6.45) is 0. The number of benzene rings is 2. The molecule has 0 atom stereocenters. The molecule has 1 aliphatic rings. The molecule has 4 rings (SSSR count). The molecule has 6 nitrogen and oxygen atoms in total. The van der Waals surface area contributed by atoms with Gasteiger partial charge < -0.3 is 14.4 Å². The first kappa shape index (κ1) is 24.1. The summed E-state index contributed by atoms with van der Waals surface area (Å²) in [5.41, 5.74) is 4.58. The topological polar surface area (TPSA) is 57.9 Å². The van der Waals surface area contributed by atoms with Crippen molar-refractivity contribution in [2.24, 2.45) is 4.99 Å². The first-order valence-corrected chi connectivity index (χ1v) is 12.6. The SMILES string of the molecule is CCN1CCN(C(=O)c2ccc(Cn3c(C)c(C)sc3=NC(=O)c3ccc(C)cc3)cc2)CC1. The number of carbonyl (C=O) groups is 2. The Labute approximate surface area is 205 Å². The molecule has 0 unspecified atom stereocenters. The van der Waals surface area contributed by atoms with Crippen molar-refractivity contribution in [2.45, 2.75) is 34.2 Å². The Morgan fingerprint density at radius 3 is 2.12 bits per heavy atom. The minimum Gasteiger partial charge on any atom is -0.336 e. The molecule has 0 aliphatic carbocycles.